The smallest absolute Gasteiger partial charge is 0.291 e. The van der Waals surface area contributed by atoms with Crippen molar-refractivity contribution in [3.05, 3.63) is 77.8 Å². The summed E-state index contributed by atoms with van der Waals surface area (Å²) in [5, 5.41) is 18.1. The molecule has 0 fully saturated rings. The molecule has 3 aromatic heterocycles. The molecule has 0 aliphatic carbocycles. The summed E-state index contributed by atoms with van der Waals surface area (Å²) in [5.41, 5.74) is 7.91. The molecule has 0 radical (unpaired) electrons. The SMILES string of the molecule is Cn1cc(NC(=O)c2cc(NC(=O)c3nc(NC(=O)c4ccc(N(CCCl)CCCl)cc4)cn3C)cn2C)cc1C(=O)NCCC(=N)N. The van der Waals surface area contributed by atoms with E-state index in [4.69, 9.17) is 34.3 Å². The maximum atomic E-state index is 13.1. The second kappa shape index (κ2) is 16.0. The van der Waals surface area contributed by atoms with E-state index in [0.717, 1.165) is 5.69 Å². The molecule has 48 heavy (non-hydrogen) atoms. The molecule has 7 N–H and O–H groups in total. The first-order valence-electron chi connectivity index (χ1n) is 14.8. The van der Waals surface area contributed by atoms with Crippen LogP contribution in [0.25, 0.3) is 0 Å². The molecule has 17 heteroatoms. The van der Waals surface area contributed by atoms with Gasteiger partial charge < -0.3 is 45.6 Å². The number of hydrogen-bond donors (Lipinski definition) is 6. The van der Waals surface area contributed by atoms with Crippen LogP contribution in [0, 0.1) is 5.41 Å². The molecule has 4 amide bonds. The largest absolute Gasteiger partial charge is 0.388 e. The topological polar surface area (TPSA) is 197 Å². The molecule has 0 spiro atoms. The van der Waals surface area contributed by atoms with Gasteiger partial charge in [0, 0.05) is 88.8 Å². The van der Waals surface area contributed by atoms with Gasteiger partial charge in [0.25, 0.3) is 23.6 Å². The number of halogens is 2. The van der Waals surface area contributed by atoms with Gasteiger partial charge in [0.15, 0.2) is 5.82 Å². The number of imidazole rings is 1. The van der Waals surface area contributed by atoms with Crippen molar-refractivity contribution in [1.82, 2.24) is 24.0 Å². The van der Waals surface area contributed by atoms with Crippen molar-refractivity contribution < 1.29 is 19.2 Å². The Hall–Kier alpha value is -5.28. The van der Waals surface area contributed by atoms with Gasteiger partial charge in [-0.25, -0.2) is 4.98 Å². The summed E-state index contributed by atoms with van der Waals surface area (Å²) < 4.78 is 4.59. The van der Waals surface area contributed by atoms with Crippen LogP contribution in [0.5, 0.6) is 0 Å². The molecule has 0 saturated carbocycles. The first kappa shape index (κ1) is 35.6. The van der Waals surface area contributed by atoms with E-state index in [-0.39, 0.29) is 42.0 Å². The van der Waals surface area contributed by atoms with E-state index in [2.05, 4.69) is 26.3 Å². The molecule has 254 valence electrons. The Morgan fingerprint density at radius 1 is 0.792 bits per heavy atom. The summed E-state index contributed by atoms with van der Waals surface area (Å²) in [6, 6.07) is 10.0. The first-order chi connectivity index (χ1) is 22.9. The van der Waals surface area contributed by atoms with Crippen LogP contribution in [-0.4, -0.2) is 79.5 Å². The number of benzene rings is 1. The Balaban J connectivity index is 1.37. The van der Waals surface area contributed by atoms with E-state index in [9.17, 15) is 19.2 Å². The lowest BCUT2D eigenvalue weighted by Crippen LogP contribution is -2.28. The lowest BCUT2D eigenvalue weighted by atomic mass is 10.2. The molecule has 15 nitrogen and oxygen atoms in total. The standard InChI is InChI=1S/C31H37Cl2N11O4/c1-41-16-20(14-23(41)29(46)36-11-8-25(34)35)37-30(47)24-15-21(17-42(24)2)38-31(48)27-39-26(18-43(27)3)40-28(45)19-4-6-22(7-5-19)44(12-9-32)13-10-33/h4-7,14-18H,8-13H2,1-3H3,(H3,34,35)(H,36,46)(H,37,47)(H,38,48)(H,40,45). The highest BCUT2D eigenvalue weighted by atomic mass is 35.5. The number of carbonyl (C=O) groups excluding carboxylic acids is 4. The Morgan fingerprint density at radius 3 is 1.92 bits per heavy atom. The van der Waals surface area contributed by atoms with Crippen LogP contribution in [0.4, 0.5) is 22.9 Å². The number of alkyl halides is 2. The van der Waals surface area contributed by atoms with Crippen molar-refractivity contribution in [2.75, 3.05) is 52.2 Å². The number of nitrogens with two attached hydrogens (primary N) is 1. The number of amides is 4. The van der Waals surface area contributed by atoms with E-state index < -0.39 is 17.7 Å². The van der Waals surface area contributed by atoms with Crippen molar-refractivity contribution in [2.45, 2.75) is 6.42 Å². The van der Waals surface area contributed by atoms with Crippen LogP contribution in [-0.2, 0) is 21.1 Å². The Morgan fingerprint density at radius 2 is 1.35 bits per heavy atom. The molecule has 0 aliphatic rings. The van der Waals surface area contributed by atoms with Gasteiger partial charge in [0.05, 0.1) is 17.2 Å². The van der Waals surface area contributed by atoms with Crippen molar-refractivity contribution in [3.8, 4) is 0 Å². The lowest BCUT2D eigenvalue weighted by molar-refractivity contribution is 0.0944. The van der Waals surface area contributed by atoms with Gasteiger partial charge in [-0.2, -0.15) is 0 Å². The molecule has 0 atom stereocenters. The minimum Gasteiger partial charge on any atom is -0.388 e. The third kappa shape index (κ3) is 8.95. The van der Waals surface area contributed by atoms with E-state index in [1.807, 2.05) is 17.0 Å². The van der Waals surface area contributed by atoms with E-state index in [1.165, 1.54) is 22.9 Å². The van der Waals surface area contributed by atoms with Crippen LogP contribution in [0.2, 0.25) is 0 Å². The van der Waals surface area contributed by atoms with Gasteiger partial charge in [-0.05, 0) is 36.4 Å². The number of aromatic nitrogens is 4. The molecule has 4 rings (SSSR count). The summed E-state index contributed by atoms with van der Waals surface area (Å²) in [5.74, 6) is -0.715. The van der Waals surface area contributed by atoms with E-state index >= 15 is 0 Å². The van der Waals surface area contributed by atoms with Gasteiger partial charge in [-0.3, -0.25) is 24.6 Å². The van der Waals surface area contributed by atoms with Crippen LogP contribution in [0.1, 0.15) is 48.4 Å². The summed E-state index contributed by atoms with van der Waals surface area (Å²) in [4.78, 5) is 57.8. The minimum atomic E-state index is -0.554. The minimum absolute atomic E-state index is 0.0328. The van der Waals surface area contributed by atoms with Gasteiger partial charge >= 0.3 is 0 Å². The average Bonchev–Trinajstić information content (AvgIpc) is 3.71. The molecule has 0 unspecified atom stereocenters. The Kier molecular flexibility index (Phi) is 11.9. The summed E-state index contributed by atoms with van der Waals surface area (Å²) in [7, 11) is 4.94. The maximum Gasteiger partial charge on any atom is 0.291 e. The zero-order valence-electron chi connectivity index (χ0n) is 26.6. The molecule has 4 aromatic rings. The van der Waals surface area contributed by atoms with E-state index in [1.54, 1.807) is 54.8 Å². The number of hydrogen-bond acceptors (Lipinski definition) is 7. The summed E-state index contributed by atoms with van der Waals surface area (Å²) >= 11 is 11.8. The number of rotatable bonds is 15. The highest BCUT2D eigenvalue weighted by Crippen LogP contribution is 2.20. The van der Waals surface area contributed by atoms with Crippen molar-refractivity contribution >= 4 is 75.5 Å². The van der Waals surface area contributed by atoms with Crippen LogP contribution < -0.4 is 31.9 Å². The van der Waals surface area contributed by atoms with Gasteiger partial charge in [0.1, 0.15) is 11.4 Å². The fourth-order valence-electron chi connectivity index (χ4n) is 4.82. The monoisotopic (exact) mass is 697 g/mol. The quantitative estimate of drug-likeness (QED) is 0.0623. The maximum absolute atomic E-state index is 13.1. The zero-order valence-corrected chi connectivity index (χ0v) is 28.2. The number of nitrogens with zero attached hydrogens (tertiary/aromatic N) is 5. The second-order valence-electron chi connectivity index (χ2n) is 10.8. The molecule has 0 saturated heterocycles. The normalized spacial score (nSPS) is 10.8. The molecule has 3 heterocycles. The number of nitrogens with one attached hydrogen (secondary N) is 5. The van der Waals surface area contributed by atoms with Gasteiger partial charge in [-0.15, -0.1) is 23.2 Å². The summed E-state index contributed by atoms with van der Waals surface area (Å²) in [6.07, 6.45) is 4.91. The Bertz CT molecular complexity index is 1800. The van der Waals surface area contributed by atoms with Gasteiger partial charge in [-0.1, -0.05) is 0 Å². The molecule has 0 aliphatic heterocycles. The first-order valence-corrected chi connectivity index (χ1v) is 15.8. The molecular formula is C31H37Cl2N11O4. The predicted molar refractivity (Wildman–Crippen MR) is 187 cm³/mol. The van der Waals surface area contributed by atoms with Crippen molar-refractivity contribution in [3.63, 3.8) is 0 Å². The molecule has 0 bridgehead atoms. The zero-order chi connectivity index (χ0) is 35.0. The Labute approximate surface area is 286 Å². The summed E-state index contributed by atoms with van der Waals surface area (Å²) in [6.45, 7) is 1.46. The highest BCUT2D eigenvalue weighted by Gasteiger charge is 2.20. The molecule has 1 aromatic carbocycles. The number of amidine groups is 1. The number of anilines is 4. The predicted octanol–water partition coefficient (Wildman–Crippen LogP) is 3.19. The van der Waals surface area contributed by atoms with Crippen LogP contribution >= 0.6 is 23.2 Å². The lowest BCUT2D eigenvalue weighted by Gasteiger charge is -2.22. The third-order valence-electron chi connectivity index (χ3n) is 7.20. The van der Waals surface area contributed by atoms with Crippen molar-refractivity contribution in [2.24, 2.45) is 26.9 Å². The number of aryl methyl sites for hydroxylation is 3. The number of carbonyl (C=O) groups is 4. The fourth-order valence-corrected chi connectivity index (χ4v) is 5.23. The second-order valence-corrected chi connectivity index (χ2v) is 11.6. The molecular weight excluding hydrogens is 661 g/mol. The average molecular weight is 699 g/mol. The fraction of sp³-hybridized carbons (Fsp3) is 0.290. The highest BCUT2D eigenvalue weighted by molar-refractivity contribution is 6.18. The van der Waals surface area contributed by atoms with E-state index in [0.29, 0.717) is 47.5 Å². The van der Waals surface area contributed by atoms with Gasteiger partial charge in [0.2, 0.25) is 5.82 Å². The van der Waals surface area contributed by atoms with Crippen LogP contribution in [0.3, 0.4) is 0 Å². The van der Waals surface area contributed by atoms with Crippen molar-refractivity contribution in [1.29, 1.82) is 5.41 Å². The third-order valence-corrected chi connectivity index (χ3v) is 7.53. The van der Waals surface area contributed by atoms with Crippen LogP contribution in [0.15, 0.2) is 55.0 Å².